The van der Waals surface area contributed by atoms with Gasteiger partial charge in [0.1, 0.15) is 5.82 Å². The average molecular weight is 229 g/mol. The Morgan fingerprint density at radius 1 is 1.18 bits per heavy atom. The van der Waals surface area contributed by atoms with Crippen LogP contribution in [-0.2, 0) is 6.54 Å². The van der Waals surface area contributed by atoms with Gasteiger partial charge in [0.25, 0.3) is 0 Å². The Balaban J connectivity index is 2.53. The number of hydrogen-bond donors (Lipinski definition) is 1. The van der Waals surface area contributed by atoms with Crippen molar-refractivity contribution in [2.24, 2.45) is 5.73 Å². The largest absolute Gasteiger partial charge is 0.326 e. The number of aldehydes is 1. The van der Waals surface area contributed by atoms with Crippen molar-refractivity contribution in [1.82, 2.24) is 0 Å². The number of halogens is 1. The number of carbonyl (C=O) groups is 1. The van der Waals surface area contributed by atoms with Gasteiger partial charge in [-0.2, -0.15) is 0 Å². The minimum Gasteiger partial charge on any atom is -0.326 e. The number of benzene rings is 2. The summed E-state index contributed by atoms with van der Waals surface area (Å²) in [5.41, 5.74) is 7.83. The Morgan fingerprint density at radius 2 is 1.94 bits per heavy atom. The summed E-state index contributed by atoms with van der Waals surface area (Å²) in [6.45, 7) is 0.168. The van der Waals surface area contributed by atoms with Crippen molar-refractivity contribution in [3.05, 3.63) is 59.4 Å². The molecular weight excluding hydrogens is 217 g/mol. The van der Waals surface area contributed by atoms with E-state index in [0.717, 1.165) is 11.8 Å². The molecule has 2 aromatic carbocycles. The first-order valence-electron chi connectivity index (χ1n) is 5.29. The highest BCUT2D eigenvalue weighted by Crippen LogP contribution is 2.24. The zero-order valence-electron chi connectivity index (χ0n) is 9.19. The molecule has 0 unspecified atom stereocenters. The number of carbonyl (C=O) groups excluding carboxylic acids is 1. The third kappa shape index (κ3) is 2.24. The van der Waals surface area contributed by atoms with Crippen molar-refractivity contribution in [3.63, 3.8) is 0 Å². The Bertz CT molecular complexity index is 552. The molecule has 0 bridgehead atoms. The molecule has 0 saturated carbocycles. The molecule has 17 heavy (non-hydrogen) atoms. The lowest BCUT2D eigenvalue weighted by Crippen LogP contribution is -1.99. The summed E-state index contributed by atoms with van der Waals surface area (Å²) in [7, 11) is 0. The predicted molar refractivity (Wildman–Crippen MR) is 65.1 cm³/mol. The maximum absolute atomic E-state index is 13.6. The molecule has 2 aromatic rings. The monoisotopic (exact) mass is 229 g/mol. The molecule has 86 valence electrons. The molecule has 0 aliphatic rings. The summed E-state index contributed by atoms with van der Waals surface area (Å²) in [5.74, 6) is -0.342. The lowest BCUT2D eigenvalue weighted by atomic mass is 9.99. The van der Waals surface area contributed by atoms with E-state index in [4.69, 9.17) is 5.73 Å². The highest BCUT2D eigenvalue weighted by Gasteiger charge is 2.07. The van der Waals surface area contributed by atoms with E-state index in [1.807, 2.05) is 6.07 Å². The van der Waals surface area contributed by atoms with Crippen LogP contribution >= 0.6 is 0 Å². The van der Waals surface area contributed by atoms with Gasteiger partial charge < -0.3 is 5.73 Å². The Morgan fingerprint density at radius 3 is 2.59 bits per heavy atom. The predicted octanol–water partition coefficient (Wildman–Crippen LogP) is 2.76. The number of hydrogen-bond acceptors (Lipinski definition) is 2. The van der Waals surface area contributed by atoms with Crippen LogP contribution < -0.4 is 5.73 Å². The lowest BCUT2D eigenvalue weighted by molar-refractivity contribution is 0.112. The zero-order chi connectivity index (χ0) is 12.3. The lowest BCUT2D eigenvalue weighted by Gasteiger charge is -2.07. The molecule has 0 aliphatic carbocycles. The number of nitrogens with two attached hydrogens (primary N) is 1. The van der Waals surface area contributed by atoms with Gasteiger partial charge >= 0.3 is 0 Å². The summed E-state index contributed by atoms with van der Waals surface area (Å²) in [6.07, 6.45) is 0.768. The smallest absolute Gasteiger partial charge is 0.150 e. The van der Waals surface area contributed by atoms with Crippen molar-refractivity contribution in [2.45, 2.75) is 6.54 Å². The van der Waals surface area contributed by atoms with Gasteiger partial charge in [-0.25, -0.2) is 4.39 Å². The summed E-state index contributed by atoms with van der Waals surface area (Å²) < 4.78 is 13.6. The van der Waals surface area contributed by atoms with E-state index in [9.17, 15) is 9.18 Å². The Labute approximate surface area is 98.9 Å². The van der Waals surface area contributed by atoms with E-state index in [2.05, 4.69) is 0 Å². The van der Waals surface area contributed by atoms with Crippen LogP contribution in [0, 0.1) is 5.82 Å². The van der Waals surface area contributed by atoms with Crippen LogP contribution in [0.15, 0.2) is 42.5 Å². The van der Waals surface area contributed by atoms with Gasteiger partial charge in [-0.3, -0.25) is 4.79 Å². The van der Waals surface area contributed by atoms with Crippen molar-refractivity contribution in [3.8, 4) is 11.1 Å². The van der Waals surface area contributed by atoms with Crippen molar-refractivity contribution < 1.29 is 9.18 Å². The molecule has 0 spiro atoms. The second kappa shape index (κ2) is 4.89. The highest BCUT2D eigenvalue weighted by atomic mass is 19.1. The van der Waals surface area contributed by atoms with E-state index in [-0.39, 0.29) is 12.4 Å². The summed E-state index contributed by atoms with van der Waals surface area (Å²) >= 11 is 0. The fraction of sp³-hybridized carbons (Fsp3) is 0.0714. The van der Waals surface area contributed by atoms with E-state index in [1.54, 1.807) is 30.3 Å². The van der Waals surface area contributed by atoms with Gasteiger partial charge in [0.15, 0.2) is 6.29 Å². The fourth-order valence-electron chi connectivity index (χ4n) is 1.74. The molecule has 3 heteroatoms. The van der Waals surface area contributed by atoms with Crippen LogP contribution in [-0.4, -0.2) is 6.29 Å². The second-order valence-corrected chi connectivity index (χ2v) is 3.72. The zero-order valence-corrected chi connectivity index (χ0v) is 9.19. The minimum absolute atomic E-state index is 0.168. The molecule has 0 amide bonds. The van der Waals surface area contributed by atoms with Gasteiger partial charge in [0.2, 0.25) is 0 Å². The highest BCUT2D eigenvalue weighted by molar-refractivity contribution is 5.87. The van der Waals surface area contributed by atoms with Crippen LogP contribution in [0.1, 0.15) is 15.9 Å². The van der Waals surface area contributed by atoms with Crippen LogP contribution in [0.3, 0.4) is 0 Å². The summed E-state index contributed by atoms with van der Waals surface area (Å²) in [4.78, 5) is 10.9. The van der Waals surface area contributed by atoms with Crippen molar-refractivity contribution in [1.29, 1.82) is 0 Å². The maximum atomic E-state index is 13.6. The number of rotatable bonds is 3. The summed E-state index contributed by atoms with van der Waals surface area (Å²) in [6, 6.07) is 11.9. The molecule has 0 aliphatic heterocycles. The second-order valence-electron chi connectivity index (χ2n) is 3.72. The fourth-order valence-corrected chi connectivity index (χ4v) is 1.74. The van der Waals surface area contributed by atoms with Gasteiger partial charge in [-0.1, -0.05) is 36.4 Å². The molecule has 2 nitrogen and oxygen atoms in total. The Hall–Kier alpha value is -2.00. The topological polar surface area (TPSA) is 43.1 Å². The average Bonchev–Trinajstić information content (AvgIpc) is 2.38. The minimum atomic E-state index is -0.342. The molecule has 0 atom stereocenters. The van der Waals surface area contributed by atoms with Crippen LogP contribution in [0.25, 0.3) is 11.1 Å². The molecular formula is C14H12FNO. The molecule has 2 N–H and O–H groups in total. The standard InChI is InChI=1S/C14H12FNO/c15-14-7-10(5-6-11(14)8-16)13-4-2-1-3-12(13)9-17/h1-7,9H,8,16H2. The van der Waals surface area contributed by atoms with E-state index in [0.29, 0.717) is 16.7 Å². The van der Waals surface area contributed by atoms with Crippen LogP contribution in [0.5, 0.6) is 0 Å². The SMILES string of the molecule is NCc1ccc(-c2ccccc2C=O)cc1F. The molecule has 0 aromatic heterocycles. The van der Waals surface area contributed by atoms with Gasteiger partial charge in [0, 0.05) is 17.7 Å². The van der Waals surface area contributed by atoms with E-state index >= 15 is 0 Å². The quantitative estimate of drug-likeness (QED) is 0.822. The first-order chi connectivity index (χ1) is 8.26. The maximum Gasteiger partial charge on any atom is 0.150 e. The van der Waals surface area contributed by atoms with Crippen LogP contribution in [0.4, 0.5) is 4.39 Å². The van der Waals surface area contributed by atoms with Gasteiger partial charge in [0.05, 0.1) is 0 Å². The van der Waals surface area contributed by atoms with Gasteiger partial charge in [-0.05, 0) is 17.2 Å². The molecule has 0 fully saturated rings. The molecule has 0 radical (unpaired) electrons. The van der Waals surface area contributed by atoms with Crippen molar-refractivity contribution >= 4 is 6.29 Å². The van der Waals surface area contributed by atoms with Crippen LogP contribution in [0.2, 0.25) is 0 Å². The Kier molecular flexibility index (Phi) is 3.30. The third-order valence-electron chi connectivity index (χ3n) is 2.67. The van der Waals surface area contributed by atoms with Gasteiger partial charge in [-0.15, -0.1) is 0 Å². The first-order valence-corrected chi connectivity index (χ1v) is 5.29. The van der Waals surface area contributed by atoms with E-state index < -0.39 is 0 Å². The summed E-state index contributed by atoms with van der Waals surface area (Å²) in [5, 5.41) is 0. The molecule has 2 rings (SSSR count). The first kappa shape index (κ1) is 11.5. The van der Waals surface area contributed by atoms with E-state index in [1.165, 1.54) is 6.07 Å². The molecule has 0 saturated heterocycles. The normalized spacial score (nSPS) is 10.2. The third-order valence-corrected chi connectivity index (χ3v) is 2.67. The van der Waals surface area contributed by atoms with Crippen molar-refractivity contribution in [2.75, 3.05) is 0 Å². The molecule has 0 heterocycles.